The molecular weight excluding hydrogens is 214 g/mol. The van der Waals surface area contributed by atoms with Crippen LogP contribution in [0.15, 0.2) is 36.5 Å². The molecule has 0 amide bonds. The van der Waals surface area contributed by atoms with Gasteiger partial charge in [0.2, 0.25) is 0 Å². The van der Waals surface area contributed by atoms with Crippen molar-refractivity contribution in [1.29, 1.82) is 0 Å². The first-order valence-corrected chi connectivity index (χ1v) is 5.98. The van der Waals surface area contributed by atoms with Crippen LogP contribution in [0.4, 0.5) is 0 Å². The van der Waals surface area contributed by atoms with Crippen LogP contribution in [0.2, 0.25) is 0 Å². The van der Waals surface area contributed by atoms with Gasteiger partial charge in [0.1, 0.15) is 0 Å². The highest BCUT2D eigenvalue weighted by atomic mass is 16.7. The fourth-order valence-corrected chi connectivity index (χ4v) is 2.43. The van der Waals surface area contributed by atoms with Crippen molar-refractivity contribution in [2.24, 2.45) is 0 Å². The van der Waals surface area contributed by atoms with Crippen LogP contribution >= 0.6 is 0 Å². The summed E-state index contributed by atoms with van der Waals surface area (Å²) in [6.45, 7) is 3.40. The molecule has 0 saturated carbocycles. The summed E-state index contributed by atoms with van der Waals surface area (Å²) in [5.41, 5.74) is 2.07. The average Bonchev–Trinajstić information content (AvgIpc) is 2.88. The first-order chi connectivity index (χ1) is 8.36. The van der Waals surface area contributed by atoms with Gasteiger partial charge >= 0.3 is 0 Å². The second kappa shape index (κ2) is 4.09. The minimum absolute atomic E-state index is 0.581. The quantitative estimate of drug-likeness (QED) is 0.793. The van der Waals surface area contributed by atoms with Gasteiger partial charge in [0.25, 0.3) is 0 Å². The van der Waals surface area contributed by atoms with E-state index in [2.05, 4.69) is 18.0 Å². The molecule has 0 aliphatic carbocycles. The zero-order valence-corrected chi connectivity index (χ0v) is 9.85. The van der Waals surface area contributed by atoms with Crippen LogP contribution in [0.1, 0.15) is 18.9 Å². The number of para-hydroxylation sites is 1. The third-order valence-corrected chi connectivity index (χ3v) is 3.28. The van der Waals surface area contributed by atoms with Gasteiger partial charge in [-0.25, -0.2) is 0 Å². The summed E-state index contributed by atoms with van der Waals surface area (Å²) in [5.74, 6) is -0.581. The third-order valence-electron chi connectivity index (χ3n) is 3.28. The van der Waals surface area contributed by atoms with E-state index < -0.39 is 5.79 Å². The molecule has 0 radical (unpaired) electrons. The van der Waals surface area contributed by atoms with E-state index in [0.29, 0.717) is 13.2 Å². The molecule has 0 atom stereocenters. The Bertz CT molecular complexity index is 527. The van der Waals surface area contributed by atoms with Crippen LogP contribution in [0.25, 0.3) is 10.9 Å². The van der Waals surface area contributed by atoms with Crippen molar-refractivity contribution in [3.05, 3.63) is 42.1 Å². The Morgan fingerprint density at radius 1 is 1.18 bits per heavy atom. The van der Waals surface area contributed by atoms with Crippen molar-refractivity contribution in [1.82, 2.24) is 4.98 Å². The second-order valence-electron chi connectivity index (χ2n) is 4.18. The lowest BCUT2D eigenvalue weighted by Crippen LogP contribution is -2.26. The van der Waals surface area contributed by atoms with Gasteiger partial charge in [0, 0.05) is 23.6 Å². The monoisotopic (exact) mass is 229 g/mol. The molecule has 0 N–H and O–H groups in total. The Labute approximate surface area is 100 Å². The van der Waals surface area contributed by atoms with Crippen molar-refractivity contribution < 1.29 is 9.47 Å². The molecule has 2 heterocycles. The standard InChI is InChI=1S/C14H15NO2/c1-2-14(16-9-10-17-14)12-7-8-15-13-6-4-3-5-11(12)13/h3-8H,2,9-10H2,1H3. The molecule has 1 aliphatic heterocycles. The van der Waals surface area contributed by atoms with Crippen molar-refractivity contribution in [3.63, 3.8) is 0 Å². The molecule has 2 aromatic rings. The molecule has 3 nitrogen and oxygen atoms in total. The first kappa shape index (κ1) is 10.7. The number of benzene rings is 1. The van der Waals surface area contributed by atoms with Gasteiger partial charge in [-0.15, -0.1) is 0 Å². The Balaban J connectivity index is 2.22. The maximum absolute atomic E-state index is 5.83. The average molecular weight is 229 g/mol. The number of rotatable bonds is 2. The maximum atomic E-state index is 5.83. The van der Waals surface area contributed by atoms with Gasteiger partial charge in [-0.1, -0.05) is 25.1 Å². The molecule has 0 unspecified atom stereocenters. The highest BCUT2D eigenvalue weighted by Gasteiger charge is 2.37. The van der Waals surface area contributed by atoms with E-state index >= 15 is 0 Å². The molecule has 0 spiro atoms. The normalized spacial score (nSPS) is 18.6. The largest absolute Gasteiger partial charge is 0.343 e. The summed E-state index contributed by atoms with van der Waals surface area (Å²) in [5, 5.41) is 1.11. The maximum Gasteiger partial charge on any atom is 0.195 e. The van der Waals surface area contributed by atoms with Crippen molar-refractivity contribution >= 4 is 10.9 Å². The van der Waals surface area contributed by atoms with Crippen molar-refractivity contribution in [2.45, 2.75) is 19.1 Å². The van der Waals surface area contributed by atoms with Crippen LogP contribution in [-0.4, -0.2) is 18.2 Å². The molecule has 3 rings (SSSR count). The smallest absolute Gasteiger partial charge is 0.195 e. The predicted molar refractivity (Wildman–Crippen MR) is 65.6 cm³/mol. The van der Waals surface area contributed by atoms with Gasteiger partial charge < -0.3 is 9.47 Å². The molecule has 3 heteroatoms. The predicted octanol–water partition coefficient (Wildman–Crippen LogP) is 2.84. The SMILES string of the molecule is CCC1(c2ccnc3ccccc23)OCCO1. The lowest BCUT2D eigenvalue weighted by molar-refractivity contribution is -0.166. The highest BCUT2D eigenvalue weighted by molar-refractivity contribution is 5.82. The van der Waals surface area contributed by atoms with E-state index in [1.807, 2.05) is 30.5 Å². The van der Waals surface area contributed by atoms with Crippen LogP contribution in [0.3, 0.4) is 0 Å². The minimum atomic E-state index is -0.581. The van der Waals surface area contributed by atoms with E-state index in [1.54, 1.807) is 0 Å². The van der Waals surface area contributed by atoms with Gasteiger partial charge in [-0.3, -0.25) is 4.98 Å². The lowest BCUT2D eigenvalue weighted by Gasteiger charge is -2.27. The van der Waals surface area contributed by atoms with Gasteiger partial charge in [0.15, 0.2) is 5.79 Å². The van der Waals surface area contributed by atoms with Gasteiger partial charge in [-0.2, -0.15) is 0 Å². The lowest BCUT2D eigenvalue weighted by atomic mass is 9.99. The van der Waals surface area contributed by atoms with Gasteiger partial charge in [0.05, 0.1) is 18.7 Å². The number of nitrogens with zero attached hydrogens (tertiary/aromatic N) is 1. The Hall–Kier alpha value is -1.45. The highest BCUT2D eigenvalue weighted by Crippen LogP contribution is 2.37. The number of hydrogen-bond acceptors (Lipinski definition) is 3. The number of pyridine rings is 1. The zero-order chi connectivity index (χ0) is 11.7. The molecule has 1 saturated heterocycles. The summed E-state index contributed by atoms with van der Waals surface area (Å²) in [6.07, 6.45) is 2.63. The van der Waals surface area contributed by atoms with E-state index in [-0.39, 0.29) is 0 Å². The molecule has 1 aromatic carbocycles. The Kier molecular flexibility index (Phi) is 2.57. The van der Waals surface area contributed by atoms with E-state index in [0.717, 1.165) is 22.9 Å². The topological polar surface area (TPSA) is 31.4 Å². The molecule has 0 bridgehead atoms. The number of aromatic nitrogens is 1. The van der Waals surface area contributed by atoms with E-state index in [9.17, 15) is 0 Å². The van der Waals surface area contributed by atoms with Crippen LogP contribution in [-0.2, 0) is 15.3 Å². The molecule has 1 aromatic heterocycles. The third kappa shape index (κ3) is 1.63. The summed E-state index contributed by atoms with van der Waals surface area (Å²) in [7, 11) is 0. The summed E-state index contributed by atoms with van der Waals surface area (Å²) >= 11 is 0. The van der Waals surface area contributed by atoms with E-state index in [4.69, 9.17) is 9.47 Å². The zero-order valence-electron chi connectivity index (χ0n) is 9.85. The number of ether oxygens (including phenoxy) is 2. The molecule has 1 aliphatic rings. The fourth-order valence-electron chi connectivity index (χ4n) is 2.43. The summed E-state index contributed by atoms with van der Waals surface area (Å²) in [6, 6.07) is 10.1. The fraction of sp³-hybridized carbons (Fsp3) is 0.357. The van der Waals surface area contributed by atoms with Crippen molar-refractivity contribution in [2.75, 3.05) is 13.2 Å². The van der Waals surface area contributed by atoms with Gasteiger partial charge in [-0.05, 0) is 12.1 Å². The minimum Gasteiger partial charge on any atom is -0.343 e. The van der Waals surface area contributed by atoms with Crippen LogP contribution in [0.5, 0.6) is 0 Å². The molecular formula is C14H15NO2. The first-order valence-electron chi connectivity index (χ1n) is 5.98. The molecule has 1 fully saturated rings. The Morgan fingerprint density at radius 2 is 1.94 bits per heavy atom. The summed E-state index contributed by atoms with van der Waals surface area (Å²) in [4.78, 5) is 4.37. The Morgan fingerprint density at radius 3 is 2.71 bits per heavy atom. The molecule has 88 valence electrons. The molecule has 17 heavy (non-hydrogen) atoms. The summed E-state index contributed by atoms with van der Waals surface area (Å²) < 4.78 is 11.7. The van der Waals surface area contributed by atoms with Crippen LogP contribution in [0, 0.1) is 0 Å². The number of hydrogen-bond donors (Lipinski definition) is 0. The second-order valence-corrected chi connectivity index (χ2v) is 4.18. The van der Waals surface area contributed by atoms with E-state index in [1.165, 1.54) is 0 Å². The van der Waals surface area contributed by atoms with Crippen molar-refractivity contribution in [3.8, 4) is 0 Å². The number of fused-ring (bicyclic) bond motifs is 1. The van der Waals surface area contributed by atoms with Crippen LogP contribution < -0.4 is 0 Å².